The first-order valence-corrected chi connectivity index (χ1v) is 7.28. The van der Waals surface area contributed by atoms with Gasteiger partial charge in [0.2, 0.25) is 5.91 Å². The van der Waals surface area contributed by atoms with Crippen LogP contribution in [0.4, 0.5) is 0 Å². The molecule has 21 heavy (non-hydrogen) atoms. The molecule has 0 bridgehead atoms. The molecule has 0 aliphatic carbocycles. The van der Waals surface area contributed by atoms with Crippen molar-refractivity contribution in [3.05, 3.63) is 34.9 Å². The summed E-state index contributed by atoms with van der Waals surface area (Å²) in [6, 6.07) is 5.99. The zero-order chi connectivity index (χ0) is 16.0. The van der Waals surface area contributed by atoms with Gasteiger partial charge < -0.3 is 10.1 Å². The summed E-state index contributed by atoms with van der Waals surface area (Å²) in [5.41, 5.74) is 2.27. The Bertz CT molecular complexity index is 525. The number of esters is 1. The number of rotatable bonds is 6. The molecule has 1 atom stereocenters. The van der Waals surface area contributed by atoms with Crippen LogP contribution < -0.4 is 5.32 Å². The van der Waals surface area contributed by atoms with Crippen molar-refractivity contribution >= 4 is 11.9 Å². The van der Waals surface area contributed by atoms with E-state index < -0.39 is 11.5 Å². The lowest BCUT2D eigenvalue weighted by atomic mass is 9.95. The fourth-order valence-corrected chi connectivity index (χ4v) is 2.51. The van der Waals surface area contributed by atoms with Gasteiger partial charge in [-0.2, -0.15) is 0 Å². The van der Waals surface area contributed by atoms with Gasteiger partial charge in [-0.3, -0.25) is 4.79 Å². The van der Waals surface area contributed by atoms with E-state index >= 15 is 0 Å². The van der Waals surface area contributed by atoms with Crippen molar-refractivity contribution in [1.82, 2.24) is 5.32 Å². The van der Waals surface area contributed by atoms with E-state index in [1.54, 1.807) is 6.92 Å². The van der Waals surface area contributed by atoms with Crippen molar-refractivity contribution in [3.63, 3.8) is 0 Å². The molecule has 4 nitrogen and oxygen atoms in total. The van der Waals surface area contributed by atoms with Crippen LogP contribution in [0.15, 0.2) is 18.2 Å². The van der Waals surface area contributed by atoms with Crippen molar-refractivity contribution < 1.29 is 14.3 Å². The Morgan fingerprint density at radius 1 is 1.29 bits per heavy atom. The molecule has 1 aromatic carbocycles. The maximum Gasteiger partial charge on any atom is 0.331 e. The molecular weight excluding hydrogens is 266 g/mol. The molecule has 0 saturated carbocycles. The van der Waals surface area contributed by atoms with Gasteiger partial charge in [-0.25, -0.2) is 4.79 Å². The van der Waals surface area contributed by atoms with E-state index in [1.807, 2.05) is 39.0 Å². The molecule has 116 valence electrons. The molecule has 1 amide bonds. The van der Waals surface area contributed by atoms with E-state index in [1.165, 1.54) is 12.7 Å². The number of hydrogen-bond donors (Lipinski definition) is 1. The molecule has 0 heterocycles. The van der Waals surface area contributed by atoms with Gasteiger partial charge in [0.1, 0.15) is 5.54 Å². The normalized spacial score (nSPS) is 13.4. The summed E-state index contributed by atoms with van der Waals surface area (Å²) in [5, 5.41) is 2.82. The molecule has 0 aromatic heterocycles. The molecule has 0 aliphatic rings. The maximum atomic E-state index is 12.2. The first kappa shape index (κ1) is 17.2. The average Bonchev–Trinajstić information content (AvgIpc) is 2.41. The minimum atomic E-state index is -0.959. The third kappa shape index (κ3) is 4.59. The van der Waals surface area contributed by atoms with Crippen LogP contribution >= 0.6 is 0 Å². The second-order valence-corrected chi connectivity index (χ2v) is 5.73. The van der Waals surface area contributed by atoms with E-state index in [-0.39, 0.29) is 12.3 Å². The van der Waals surface area contributed by atoms with Gasteiger partial charge in [0, 0.05) is 0 Å². The maximum absolute atomic E-state index is 12.2. The van der Waals surface area contributed by atoms with Gasteiger partial charge in [0.05, 0.1) is 13.5 Å². The monoisotopic (exact) mass is 291 g/mol. The average molecular weight is 291 g/mol. The van der Waals surface area contributed by atoms with Crippen LogP contribution in [0.3, 0.4) is 0 Å². The number of ether oxygens (including phenoxy) is 1. The Balaban J connectivity index is 2.81. The SMILES string of the molecule is CCCC(C)(NC(=O)Cc1ccc(C)cc1C)C(=O)OC. The Kier molecular flexibility index (Phi) is 5.94. The summed E-state index contributed by atoms with van der Waals surface area (Å²) >= 11 is 0. The molecule has 1 unspecified atom stereocenters. The van der Waals surface area contributed by atoms with Crippen LogP contribution in [-0.4, -0.2) is 24.5 Å². The van der Waals surface area contributed by atoms with Crippen LogP contribution in [0.1, 0.15) is 43.4 Å². The number of benzene rings is 1. The molecule has 4 heteroatoms. The van der Waals surface area contributed by atoms with Crippen LogP contribution in [0.5, 0.6) is 0 Å². The Labute approximate surface area is 126 Å². The largest absolute Gasteiger partial charge is 0.467 e. The summed E-state index contributed by atoms with van der Waals surface area (Å²) < 4.78 is 4.80. The molecular formula is C17H25NO3. The van der Waals surface area contributed by atoms with E-state index in [2.05, 4.69) is 5.32 Å². The van der Waals surface area contributed by atoms with Crippen molar-refractivity contribution in [3.8, 4) is 0 Å². The van der Waals surface area contributed by atoms with Crippen molar-refractivity contribution in [1.29, 1.82) is 0 Å². The highest BCUT2D eigenvalue weighted by Crippen LogP contribution is 2.16. The van der Waals surface area contributed by atoms with Crippen molar-refractivity contribution in [2.75, 3.05) is 7.11 Å². The van der Waals surface area contributed by atoms with Crippen LogP contribution in [0, 0.1) is 13.8 Å². The number of carbonyl (C=O) groups excluding carboxylic acids is 2. The minimum Gasteiger partial charge on any atom is -0.467 e. The fourth-order valence-electron chi connectivity index (χ4n) is 2.51. The summed E-state index contributed by atoms with van der Waals surface area (Å²) in [5.74, 6) is -0.568. The molecule has 1 aromatic rings. The van der Waals surface area contributed by atoms with Crippen molar-refractivity contribution in [2.45, 2.75) is 52.5 Å². The van der Waals surface area contributed by atoms with Crippen LogP contribution in [-0.2, 0) is 20.7 Å². The lowest BCUT2D eigenvalue weighted by Crippen LogP contribution is -2.53. The number of amides is 1. The lowest BCUT2D eigenvalue weighted by molar-refractivity contribution is -0.150. The highest BCUT2D eigenvalue weighted by Gasteiger charge is 2.34. The van der Waals surface area contributed by atoms with Gasteiger partial charge in [-0.05, 0) is 38.3 Å². The lowest BCUT2D eigenvalue weighted by Gasteiger charge is -2.27. The highest BCUT2D eigenvalue weighted by atomic mass is 16.5. The summed E-state index contributed by atoms with van der Waals surface area (Å²) in [4.78, 5) is 24.1. The number of nitrogens with one attached hydrogen (secondary N) is 1. The molecule has 0 spiro atoms. The van der Waals surface area contributed by atoms with Gasteiger partial charge in [0.25, 0.3) is 0 Å². The van der Waals surface area contributed by atoms with Gasteiger partial charge in [0.15, 0.2) is 0 Å². The van der Waals surface area contributed by atoms with E-state index in [9.17, 15) is 9.59 Å². The summed E-state index contributed by atoms with van der Waals surface area (Å²) in [6.45, 7) is 7.69. The fraction of sp³-hybridized carbons (Fsp3) is 0.529. The Morgan fingerprint density at radius 3 is 2.48 bits per heavy atom. The minimum absolute atomic E-state index is 0.164. The second-order valence-electron chi connectivity index (χ2n) is 5.73. The third-order valence-electron chi connectivity index (χ3n) is 3.65. The van der Waals surface area contributed by atoms with E-state index in [4.69, 9.17) is 4.74 Å². The number of methoxy groups -OCH3 is 1. The molecule has 0 saturated heterocycles. The standard InChI is InChI=1S/C17H25NO3/c1-6-9-17(4,16(20)21-5)18-15(19)11-14-8-7-12(2)10-13(14)3/h7-8,10H,6,9,11H2,1-5H3,(H,18,19). The van der Waals surface area contributed by atoms with Gasteiger partial charge >= 0.3 is 5.97 Å². The second kappa shape index (κ2) is 7.25. The van der Waals surface area contributed by atoms with Crippen molar-refractivity contribution in [2.24, 2.45) is 0 Å². The molecule has 1 rings (SSSR count). The highest BCUT2D eigenvalue weighted by molar-refractivity contribution is 5.88. The Hall–Kier alpha value is -1.84. The van der Waals surface area contributed by atoms with Crippen LogP contribution in [0.2, 0.25) is 0 Å². The molecule has 0 radical (unpaired) electrons. The molecule has 0 aliphatic heterocycles. The molecule has 1 N–H and O–H groups in total. The number of carbonyl (C=O) groups is 2. The summed E-state index contributed by atoms with van der Waals surface area (Å²) in [6.07, 6.45) is 1.61. The first-order chi connectivity index (χ1) is 9.82. The summed E-state index contributed by atoms with van der Waals surface area (Å²) in [7, 11) is 1.34. The van der Waals surface area contributed by atoms with E-state index in [0.717, 1.165) is 17.5 Å². The first-order valence-electron chi connectivity index (χ1n) is 7.28. The topological polar surface area (TPSA) is 55.4 Å². The van der Waals surface area contributed by atoms with Gasteiger partial charge in [-0.15, -0.1) is 0 Å². The quantitative estimate of drug-likeness (QED) is 0.820. The third-order valence-corrected chi connectivity index (χ3v) is 3.65. The molecule has 0 fully saturated rings. The zero-order valence-electron chi connectivity index (χ0n) is 13.6. The Morgan fingerprint density at radius 2 is 1.95 bits per heavy atom. The predicted octanol–water partition coefficient (Wildman–Crippen LogP) is 2.69. The number of aryl methyl sites for hydroxylation is 2. The van der Waals surface area contributed by atoms with E-state index in [0.29, 0.717) is 6.42 Å². The number of hydrogen-bond acceptors (Lipinski definition) is 3. The van der Waals surface area contributed by atoms with Gasteiger partial charge in [-0.1, -0.05) is 37.1 Å². The van der Waals surface area contributed by atoms with Crippen LogP contribution in [0.25, 0.3) is 0 Å². The predicted molar refractivity (Wildman–Crippen MR) is 83.1 cm³/mol. The smallest absolute Gasteiger partial charge is 0.331 e. The zero-order valence-corrected chi connectivity index (χ0v) is 13.6.